The Morgan fingerprint density at radius 2 is 2.00 bits per heavy atom. The Kier molecular flexibility index (Phi) is 15.3. The Hall–Kier alpha value is 0.822. The van der Waals surface area contributed by atoms with Crippen molar-refractivity contribution in [2.24, 2.45) is 0 Å². The summed E-state index contributed by atoms with van der Waals surface area (Å²) < 4.78 is 0. The van der Waals surface area contributed by atoms with Gasteiger partial charge in [-0.2, -0.15) is 0 Å². The number of hydrogen-bond acceptors (Lipinski definition) is 0. The van der Waals surface area contributed by atoms with Crippen molar-refractivity contribution in [2.75, 3.05) is 0 Å². The van der Waals surface area contributed by atoms with Gasteiger partial charge in [0, 0.05) is 0 Å². The van der Waals surface area contributed by atoms with Gasteiger partial charge in [0.2, 0.25) is 0 Å². The van der Waals surface area contributed by atoms with Crippen molar-refractivity contribution in [3.63, 3.8) is 0 Å². The molecule has 0 rings (SSSR count). The van der Waals surface area contributed by atoms with Crippen molar-refractivity contribution in [1.29, 1.82) is 0 Å². The fourth-order valence-electron chi connectivity index (χ4n) is 0.408. The average molecular weight is 135 g/mol. The van der Waals surface area contributed by atoms with E-state index in [1.54, 1.807) is 0 Å². The molecule has 0 saturated carbocycles. The van der Waals surface area contributed by atoms with Gasteiger partial charge in [-0.15, -0.1) is 0 Å². The van der Waals surface area contributed by atoms with Gasteiger partial charge in [0.25, 0.3) is 0 Å². The van der Waals surface area contributed by atoms with Crippen LogP contribution < -0.4 is 12.4 Å². The van der Waals surface area contributed by atoms with Crippen LogP contribution in [0.25, 0.3) is 0 Å². The Bertz CT molecular complexity index is 20.0. The van der Waals surface area contributed by atoms with Crippen LogP contribution in [-0.4, -0.2) is 15.2 Å². The van der Waals surface area contributed by atoms with E-state index < -0.39 is 0 Å². The molecule has 0 unspecified atom stereocenters. The first-order valence-electron chi connectivity index (χ1n) is 2.69. The Labute approximate surface area is 58.8 Å². The van der Waals surface area contributed by atoms with Crippen LogP contribution in [0, 0.1) is 0 Å². The predicted molar refractivity (Wildman–Crippen MR) is 31.3 cm³/mol. The van der Waals surface area contributed by atoms with Crippen LogP contribution in [0.3, 0.4) is 0 Å². The monoisotopic (exact) mass is 134 g/mol. The predicted octanol–water partition coefficient (Wildman–Crippen LogP) is -1.04. The molecule has 0 radical (unpaired) electrons. The molecule has 0 spiro atoms. The van der Waals surface area contributed by atoms with Crippen LogP contribution in [-0.2, 0) is 0 Å². The smallest absolute Gasteiger partial charge is 1.00 e. The molecular weight excluding hydrogens is 122 g/mol. The van der Waals surface area contributed by atoms with Gasteiger partial charge < -0.3 is 12.4 Å². The zero-order valence-electron chi connectivity index (χ0n) is 5.08. The molecule has 0 atom stereocenters. The van der Waals surface area contributed by atoms with E-state index in [1.165, 1.54) is 18.1 Å². The maximum Gasteiger partial charge on any atom is -1.00 e. The van der Waals surface area contributed by atoms with Crippen molar-refractivity contribution in [3.05, 3.63) is 0 Å². The summed E-state index contributed by atoms with van der Waals surface area (Å²) in [4.78, 5) is 0. The molecule has 0 saturated heterocycles. The van der Waals surface area contributed by atoms with Crippen LogP contribution in [0.2, 0.25) is 11.1 Å². The minimum atomic E-state index is 0. The van der Waals surface area contributed by atoms with E-state index in [-0.39, 0.29) is 12.4 Å². The summed E-state index contributed by atoms with van der Waals surface area (Å²) in [6.07, 6.45) is 2.83. The number of halogens is 1. The summed E-state index contributed by atoms with van der Waals surface area (Å²) in [6.45, 7) is 2.25. The summed E-state index contributed by atoms with van der Waals surface area (Å²) in [5.41, 5.74) is 0. The molecule has 0 aliphatic heterocycles. The summed E-state index contributed by atoms with van der Waals surface area (Å²) in [6, 6.07) is 0. The van der Waals surface area contributed by atoms with Crippen molar-refractivity contribution < 1.29 is 12.4 Å². The minimum Gasteiger partial charge on any atom is -1.00 e. The molecule has 0 aliphatic rings. The molecule has 0 N–H and O–H groups in total. The zero-order valence-corrected chi connectivity index (χ0v) is 6.99. The quantitative estimate of drug-likeness (QED) is 0.342. The van der Waals surface area contributed by atoms with E-state index >= 15 is 0 Å². The molecule has 0 nitrogen and oxygen atoms in total. The third kappa shape index (κ3) is 10.9. The standard InChI is InChI=1S/C4H9.CH3.Al.ClH/c1-3-4-2;;;/h1,3-4H2,2H3;1H3;;1H/q;;+1;/p-1. The molecule has 2 heteroatoms. The van der Waals surface area contributed by atoms with Gasteiger partial charge in [-0.25, -0.2) is 0 Å². The Morgan fingerprint density at radius 3 is 2.14 bits per heavy atom. The van der Waals surface area contributed by atoms with E-state index in [4.69, 9.17) is 0 Å². The third-order valence-corrected chi connectivity index (χ3v) is 1.83. The molecule has 0 aromatic carbocycles. The molecule has 0 aromatic heterocycles. The SMILES string of the molecule is CCC[CH2][Al+][CH3].[Cl-]. The van der Waals surface area contributed by atoms with E-state index in [0.717, 1.165) is 15.2 Å². The van der Waals surface area contributed by atoms with E-state index in [0.29, 0.717) is 0 Å². The topological polar surface area (TPSA) is 0 Å². The van der Waals surface area contributed by atoms with Gasteiger partial charge in [-0.05, 0) is 0 Å². The second-order valence-corrected chi connectivity index (χ2v) is 2.94. The first-order chi connectivity index (χ1) is 2.91. The normalized spacial score (nSPS) is 6.57. The maximum atomic E-state index is 2.32. The molecule has 0 amide bonds. The molecule has 0 fully saturated rings. The van der Waals surface area contributed by atoms with E-state index in [1.807, 2.05) is 0 Å². The van der Waals surface area contributed by atoms with E-state index in [2.05, 4.69) is 12.7 Å². The number of hydrogen-bond donors (Lipinski definition) is 0. The number of rotatable bonds is 3. The fraction of sp³-hybridized carbons (Fsp3) is 1.00. The Morgan fingerprint density at radius 1 is 1.43 bits per heavy atom. The van der Waals surface area contributed by atoms with Crippen LogP contribution in [0.15, 0.2) is 0 Å². The third-order valence-electron chi connectivity index (χ3n) is 0.846. The second kappa shape index (κ2) is 9.95. The first kappa shape index (κ1) is 10.7. The van der Waals surface area contributed by atoms with Crippen LogP contribution in [0.5, 0.6) is 0 Å². The molecule has 0 heterocycles. The fourth-order valence-corrected chi connectivity index (χ4v) is 1.22. The summed E-state index contributed by atoms with van der Waals surface area (Å²) in [5, 5.41) is 1.50. The summed E-state index contributed by atoms with van der Waals surface area (Å²) in [7, 11) is 0. The first-order valence-corrected chi connectivity index (χ1v) is 4.66. The largest absolute Gasteiger partial charge is 1.00 e. The van der Waals surface area contributed by atoms with Crippen LogP contribution in [0.1, 0.15) is 19.8 Å². The summed E-state index contributed by atoms with van der Waals surface area (Å²) in [5.74, 6) is 2.32. The molecule has 7 heavy (non-hydrogen) atoms. The van der Waals surface area contributed by atoms with Crippen molar-refractivity contribution >= 4 is 15.2 Å². The van der Waals surface area contributed by atoms with Crippen molar-refractivity contribution in [3.8, 4) is 0 Å². The van der Waals surface area contributed by atoms with Gasteiger partial charge in [-0.1, -0.05) is 0 Å². The second-order valence-electron chi connectivity index (χ2n) is 1.55. The molecule has 0 aromatic rings. The Balaban J connectivity index is 0. The van der Waals surface area contributed by atoms with Crippen molar-refractivity contribution in [1.82, 2.24) is 0 Å². The molecule has 0 aliphatic carbocycles. The van der Waals surface area contributed by atoms with Gasteiger partial charge in [0.15, 0.2) is 0 Å². The molecule has 0 bridgehead atoms. The van der Waals surface area contributed by atoms with Gasteiger partial charge in [0.05, 0.1) is 0 Å². The van der Waals surface area contributed by atoms with Gasteiger partial charge in [-0.3, -0.25) is 0 Å². The van der Waals surface area contributed by atoms with Gasteiger partial charge >= 0.3 is 46.1 Å². The minimum absolute atomic E-state index is 0. The summed E-state index contributed by atoms with van der Waals surface area (Å²) >= 11 is 0.784. The molecule has 42 valence electrons. The molecular formula is C5H12AlCl. The van der Waals surface area contributed by atoms with E-state index in [9.17, 15) is 0 Å². The van der Waals surface area contributed by atoms with Crippen molar-refractivity contribution in [2.45, 2.75) is 30.8 Å². The van der Waals surface area contributed by atoms with Crippen LogP contribution in [0.4, 0.5) is 0 Å². The van der Waals surface area contributed by atoms with Gasteiger partial charge in [0.1, 0.15) is 0 Å². The zero-order chi connectivity index (χ0) is 4.83. The average Bonchev–Trinajstić information content (AvgIpc) is 1.61. The maximum absolute atomic E-state index is 2.32. The van der Waals surface area contributed by atoms with Crippen LogP contribution >= 0.6 is 0 Å². The number of unbranched alkanes of at least 4 members (excludes halogenated alkanes) is 1.